The Labute approximate surface area is 85.6 Å². The first kappa shape index (κ1) is 9.97. The molecule has 0 aromatic carbocycles. The van der Waals surface area contributed by atoms with Gasteiger partial charge in [-0.25, -0.2) is 0 Å². The lowest BCUT2D eigenvalue weighted by Gasteiger charge is -2.25. The van der Waals surface area contributed by atoms with Crippen LogP contribution in [0.5, 0.6) is 0 Å². The number of amides is 1. The van der Waals surface area contributed by atoms with Crippen molar-refractivity contribution < 1.29 is 4.79 Å². The second kappa shape index (κ2) is 3.89. The summed E-state index contributed by atoms with van der Waals surface area (Å²) in [5.41, 5.74) is 0. The lowest BCUT2D eigenvalue weighted by atomic mass is 9.95. The van der Waals surface area contributed by atoms with Crippen LogP contribution in [0.25, 0.3) is 0 Å². The fourth-order valence-electron chi connectivity index (χ4n) is 3.06. The smallest absolute Gasteiger partial charge is 0.236 e. The summed E-state index contributed by atoms with van der Waals surface area (Å²) in [4.78, 5) is 11.3. The van der Waals surface area contributed by atoms with Crippen molar-refractivity contribution in [1.29, 1.82) is 0 Å². The molecule has 0 aromatic rings. The molecule has 3 unspecified atom stereocenters. The molecule has 2 saturated carbocycles. The molecule has 2 fully saturated rings. The van der Waals surface area contributed by atoms with E-state index in [0.29, 0.717) is 6.04 Å². The standard InChI is InChI=1S/C11H20N2O/c1-7(11(14)12-2)13-10-6-8-3-4-9(10)5-8/h7-10,13H,3-6H2,1-2H3,(H,12,14)/t7-,8?,9?,10?/m0/s1. The average Bonchev–Trinajstić information content (AvgIpc) is 2.77. The van der Waals surface area contributed by atoms with Crippen LogP contribution >= 0.6 is 0 Å². The number of hydrogen-bond acceptors (Lipinski definition) is 2. The first-order chi connectivity index (χ1) is 6.70. The van der Waals surface area contributed by atoms with Crippen molar-refractivity contribution >= 4 is 5.91 Å². The van der Waals surface area contributed by atoms with Gasteiger partial charge in [0, 0.05) is 13.1 Å². The van der Waals surface area contributed by atoms with E-state index in [1.807, 2.05) is 6.92 Å². The molecular weight excluding hydrogens is 176 g/mol. The number of carbonyl (C=O) groups is 1. The van der Waals surface area contributed by atoms with E-state index in [4.69, 9.17) is 0 Å². The van der Waals surface area contributed by atoms with Crippen LogP contribution in [0.3, 0.4) is 0 Å². The lowest BCUT2D eigenvalue weighted by molar-refractivity contribution is -0.122. The average molecular weight is 196 g/mol. The van der Waals surface area contributed by atoms with Gasteiger partial charge in [0.05, 0.1) is 6.04 Å². The predicted octanol–water partition coefficient (Wildman–Crippen LogP) is 0.899. The predicted molar refractivity (Wildman–Crippen MR) is 55.9 cm³/mol. The summed E-state index contributed by atoms with van der Waals surface area (Å²) < 4.78 is 0. The minimum Gasteiger partial charge on any atom is -0.358 e. The maximum atomic E-state index is 11.3. The molecule has 2 aliphatic rings. The van der Waals surface area contributed by atoms with Gasteiger partial charge in [0.25, 0.3) is 0 Å². The maximum Gasteiger partial charge on any atom is 0.236 e. The molecule has 2 N–H and O–H groups in total. The molecule has 0 aliphatic heterocycles. The van der Waals surface area contributed by atoms with Crippen molar-refractivity contribution in [3.63, 3.8) is 0 Å². The van der Waals surface area contributed by atoms with Crippen LogP contribution in [0.15, 0.2) is 0 Å². The van der Waals surface area contributed by atoms with Crippen LogP contribution < -0.4 is 10.6 Å². The zero-order chi connectivity index (χ0) is 10.1. The van der Waals surface area contributed by atoms with Gasteiger partial charge in [-0.2, -0.15) is 0 Å². The zero-order valence-electron chi connectivity index (χ0n) is 9.05. The Morgan fingerprint density at radius 3 is 2.64 bits per heavy atom. The van der Waals surface area contributed by atoms with Crippen LogP contribution in [0.1, 0.15) is 32.6 Å². The van der Waals surface area contributed by atoms with Crippen LogP contribution in [0.2, 0.25) is 0 Å². The minimum atomic E-state index is -0.0376. The third-order valence-corrected chi connectivity index (χ3v) is 3.84. The van der Waals surface area contributed by atoms with Gasteiger partial charge in [-0.1, -0.05) is 6.42 Å². The van der Waals surface area contributed by atoms with Gasteiger partial charge in [-0.05, 0) is 38.0 Å². The molecule has 2 aliphatic carbocycles. The fourth-order valence-corrected chi connectivity index (χ4v) is 3.06. The first-order valence-electron chi connectivity index (χ1n) is 5.68. The van der Waals surface area contributed by atoms with E-state index in [-0.39, 0.29) is 11.9 Å². The molecule has 1 amide bonds. The summed E-state index contributed by atoms with van der Waals surface area (Å²) in [5, 5.41) is 6.13. The molecule has 0 radical (unpaired) electrons. The molecule has 3 heteroatoms. The van der Waals surface area contributed by atoms with Gasteiger partial charge in [0.2, 0.25) is 5.91 Å². The van der Waals surface area contributed by atoms with E-state index >= 15 is 0 Å². The fraction of sp³-hybridized carbons (Fsp3) is 0.909. The molecule has 2 bridgehead atoms. The third kappa shape index (κ3) is 1.78. The normalized spacial score (nSPS) is 37.1. The molecule has 2 rings (SSSR count). The van der Waals surface area contributed by atoms with Gasteiger partial charge in [-0.15, -0.1) is 0 Å². The topological polar surface area (TPSA) is 41.1 Å². The molecule has 80 valence electrons. The monoisotopic (exact) mass is 196 g/mol. The Hall–Kier alpha value is -0.570. The number of fused-ring (bicyclic) bond motifs is 2. The SMILES string of the molecule is CNC(=O)[C@H](C)NC1CC2CCC1C2. The van der Waals surface area contributed by atoms with Crippen LogP contribution in [0.4, 0.5) is 0 Å². The molecule has 4 atom stereocenters. The Balaban J connectivity index is 1.83. The number of nitrogens with one attached hydrogen (secondary N) is 2. The van der Waals surface area contributed by atoms with Crippen molar-refractivity contribution in [2.45, 2.75) is 44.7 Å². The Kier molecular flexibility index (Phi) is 2.77. The van der Waals surface area contributed by atoms with Gasteiger partial charge in [0.15, 0.2) is 0 Å². The van der Waals surface area contributed by atoms with Gasteiger partial charge in [-0.3, -0.25) is 4.79 Å². The van der Waals surface area contributed by atoms with Crippen LogP contribution in [0, 0.1) is 11.8 Å². The van der Waals surface area contributed by atoms with Gasteiger partial charge >= 0.3 is 0 Å². The lowest BCUT2D eigenvalue weighted by Crippen LogP contribution is -2.47. The largest absolute Gasteiger partial charge is 0.358 e. The van der Waals surface area contributed by atoms with Gasteiger partial charge < -0.3 is 10.6 Å². The number of rotatable bonds is 3. The number of hydrogen-bond donors (Lipinski definition) is 2. The van der Waals surface area contributed by atoms with Crippen LogP contribution in [-0.4, -0.2) is 25.0 Å². The van der Waals surface area contributed by atoms with Crippen molar-refractivity contribution in [3.05, 3.63) is 0 Å². The van der Waals surface area contributed by atoms with Crippen LogP contribution in [-0.2, 0) is 4.79 Å². The number of carbonyl (C=O) groups excluding carboxylic acids is 1. The Morgan fingerprint density at radius 2 is 2.14 bits per heavy atom. The minimum absolute atomic E-state index is 0.0376. The van der Waals surface area contributed by atoms with E-state index in [1.165, 1.54) is 25.7 Å². The third-order valence-electron chi connectivity index (χ3n) is 3.84. The molecule has 0 heterocycles. The molecule has 0 aromatic heterocycles. The molecule has 3 nitrogen and oxygen atoms in total. The van der Waals surface area contributed by atoms with Crippen molar-refractivity contribution in [2.24, 2.45) is 11.8 Å². The summed E-state index contributed by atoms with van der Waals surface area (Å²) >= 11 is 0. The Bertz CT molecular complexity index is 229. The molecule has 0 saturated heterocycles. The van der Waals surface area contributed by atoms with E-state index in [2.05, 4.69) is 10.6 Å². The van der Waals surface area contributed by atoms with E-state index in [0.717, 1.165) is 11.8 Å². The highest BCUT2D eigenvalue weighted by Crippen LogP contribution is 2.44. The highest BCUT2D eigenvalue weighted by molar-refractivity contribution is 5.80. The molecular formula is C11H20N2O. The summed E-state index contributed by atoms with van der Waals surface area (Å²) in [6, 6.07) is 0.561. The highest BCUT2D eigenvalue weighted by atomic mass is 16.2. The van der Waals surface area contributed by atoms with E-state index in [9.17, 15) is 4.79 Å². The second-order valence-electron chi connectivity index (χ2n) is 4.78. The maximum absolute atomic E-state index is 11.3. The summed E-state index contributed by atoms with van der Waals surface area (Å²) in [6.07, 6.45) is 5.45. The van der Waals surface area contributed by atoms with E-state index in [1.54, 1.807) is 7.05 Å². The summed E-state index contributed by atoms with van der Waals surface area (Å²) in [6.45, 7) is 1.95. The quantitative estimate of drug-likeness (QED) is 0.704. The van der Waals surface area contributed by atoms with E-state index < -0.39 is 0 Å². The first-order valence-corrected chi connectivity index (χ1v) is 5.68. The second-order valence-corrected chi connectivity index (χ2v) is 4.78. The van der Waals surface area contributed by atoms with Crippen molar-refractivity contribution in [1.82, 2.24) is 10.6 Å². The van der Waals surface area contributed by atoms with Crippen molar-refractivity contribution in [3.8, 4) is 0 Å². The summed E-state index contributed by atoms with van der Waals surface area (Å²) in [5.74, 6) is 1.88. The highest BCUT2D eigenvalue weighted by Gasteiger charge is 2.40. The molecule has 0 spiro atoms. The summed E-state index contributed by atoms with van der Waals surface area (Å²) in [7, 11) is 1.70. The zero-order valence-corrected chi connectivity index (χ0v) is 9.05. The number of likely N-dealkylation sites (N-methyl/N-ethyl adjacent to an activating group) is 1. The van der Waals surface area contributed by atoms with Gasteiger partial charge in [0.1, 0.15) is 0 Å². The van der Waals surface area contributed by atoms with Crippen molar-refractivity contribution in [2.75, 3.05) is 7.05 Å². The Morgan fingerprint density at radius 1 is 1.36 bits per heavy atom. The molecule has 14 heavy (non-hydrogen) atoms.